The average molecular weight is 463 g/mol. The average Bonchev–Trinajstić information content (AvgIpc) is 2.71. The van der Waals surface area contributed by atoms with Crippen LogP contribution in [0.5, 0.6) is 0 Å². The Labute approximate surface area is 180 Å². The number of nitrogens with zero attached hydrogens (tertiary/aromatic N) is 1. The van der Waals surface area contributed by atoms with Gasteiger partial charge in [-0.25, -0.2) is 0 Å². The van der Waals surface area contributed by atoms with E-state index in [1.807, 2.05) is 61.5 Å². The van der Waals surface area contributed by atoms with Crippen LogP contribution < -0.4 is 5.32 Å². The minimum absolute atomic E-state index is 0.0230. The number of thioether (sulfide) groups is 1. The molecule has 0 radical (unpaired) electrons. The zero-order chi connectivity index (χ0) is 20.4. The van der Waals surface area contributed by atoms with Crippen LogP contribution in [0.2, 0.25) is 0 Å². The number of nitrogens with one attached hydrogen (secondary N) is 1. The highest BCUT2D eigenvalue weighted by atomic mass is 79.9. The Morgan fingerprint density at radius 1 is 1.07 bits per heavy atom. The second-order valence-electron chi connectivity index (χ2n) is 6.59. The van der Waals surface area contributed by atoms with Gasteiger partial charge >= 0.3 is 0 Å². The Morgan fingerprint density at radius 2 is 1.75 bits per heavy atom. The highest BCUT2D eigenvalue weighted by Crippen LogP contribution is 2.18. The zero-order valence-corrected chi connectivity index (χ0v) is 18.8. The summed E-state index contributed by atoms with van der Waals surface area (Å²) < 4.78 is 1.04. The Hall–Kier alpha value is -1.79. The van der Waals surface area contributed by atoms with Crippen LogP contribution in [0, 0.1) is 0 Å². The van der Waals surface area contributed by atoms with Crippen LogP contribution in [0.4, 0.5) is 0 Å². The number of carbonyl (C=O) groups excluding carboxylic acids is 2. The molecule has 2 amide bonds. The Bertz CT molecular complexity index is 753. The summed E-state index contributed by atoms with van der Waals surface area (Å²) in [5.74, 6) is 0.970. The third-order valence-corrected chi connectivity index (χ3v) is 5.84. The van der Waals surface area contributed by atoms with Crippen molar-refractivity contribution in [3.8, 4) is 0 Å². The van der Waals surface area contributed by atoms with Gasteiger partial charge in [-0.05, 0) is 36.6 Å². The predicted molar refractivity (Wildman–Crippen MR) is 120 cm³/mol. The molecule has 2 rings (SSSR count). The minimum Gasteiger partial charge on any atom is -0.354 e. The third kappa shape index (κ3) is 7.32. The Balaban J connectivity index is 2.00. The van der Waals surface area contributed by atoms with Gasteiger partial charge in [0.15, 0.2) is 0 Å². The van der Waals surface area contributed by atoms with Crippen LogP contribution in [-0.2, 0) is 21.9 Å². The molecule has 0 spiro atoms. The molecule has 0 heterocycles. The monoisotopic (exact) mass is 462 g/mol. The molecule has 1 unspecified atom stereocenters. The molecule has 0 bridgehead atoms. The summed E-state index contributed by atoms with van der Waals surface area (Å²) >= 11 is 5.00. The smallest absolute Gasteiger partial charge is 0.242 e. The molecule has 2 aromatic carbocycles. The fourth-order valence-corrected chi connectivity index (χ4v) is 3.81. The molecular weight excluding hydrogens is 436 g/mol. The van der Waals surface area contributed by atoms with Gasteiger partial charge in [-0.1, -0.05) is 65.3 Å². The van der Waals surface area contributed by atoms with Gasteiger partial charge in [-0.2, -0.15) is 0 Å². The highest BCUT2D eigenvalue weighted by molar-refractivity contribution is 9.10. The maximum Gasteiger partial charge on any atom is 0.242 e. The number of halogens is 1. The molecule has 6 heteroatoms. The molecule has 2 aromatic rings. The standard InChI is InChI=1S/C22H27BrN2O2S/c1-3-13-24-22(27)17(2)25(14-18-7-5-4-6-8-18)21(26)16-28-15-19-9-11-20(23)12-10-19/h4-12,17H,3,13-16H2,1-2H3,(H,24,27). The van der Waals surface area contributed by atoms with Gasteiger partial charge in [-0.3, -0.25) is 9.59 Å². The van der Waals surface area contributed by atoms with Crippen LogP contribution in [0.1, 0.15) is 31.4 Å². The van der Waals surface area contributed by atoms with E-state index in [-0.39, 0.29) is 11.8 Å². The van der Waals surface area contributed by atoms with Gasteiger partial charge in [0.1, 0.15) is 6.04 Å². The maximum absolute atomic E-state index is 12.9. The van der Waals surface area contributed by atoms with E-state index in [0.717, 1.165) is 22.2 Å². The van der Waals surface area contributed by atoms with E-state index in [9.17, 15) is 9.59 Å². The Morgan fingerprint density at radius 3 is 2.39 bits per heavy atom. The summed E-state index contributed by atoms with van der Waals surface area (Å²) in [6.45, 7) is 4.86. The molecular formula is C22H27BrN2O2S. The van der Waals surface area contributed by atoms with Gasteiger partial charge in [0.05, 0.1) is 5.75 Å². The van der Waals surface area contributed by atoms with E-state index in [4.69, 9.17) is 0 Å². The van der Waals surface area contributed by atoms with Gasteiger partial charge in [0, 0.05) is 23.3 Å². The summed E-state index contributed by atoms with van der Waals surface area (Å²) in [5.41, 5.74) is 2.19. The van der Waals surface area contributed by atoms with Crippen molar-refractivity contribution in [2.45, 2.75) is 38.6 Å². The lowest BCUT2D eigenvalue weighted by Crippen LogP contribution is -2.48. The van der Waals surface area contributed by atoms with Crippen molar-refractivity contribution < 1.29 is 9.59 Å². The molecule has 0 aromatic heterocycles. The molecule has 4 nitrogen and oxygen atoms in total. The summed E-state index contributed by atoms with van der Waals surface area (Å²) in [5, 5.41) is 2.90. The first-order valence-electron chi connectivity index (χ1n) is 9.44. The van der Waals surface area contributed by atoms with E-state index in [1.165, 1.54) is 5.56 Å². The molecule has 0 fully saturated rings. The lowest BCUT2D eigenvalue weighted by atomic mass is 10.1. The van der Waals surface area contributed by atoms with Crippen molar-refractivity contribution in [2.75, 3.05) is 12.3 Å². The molecule has 1 atom stereocenters. The van der Waals surface area contributed by atoms with Gasteiger partial charge in [-0.15, -0.1) is 11.8 Å². The first kappa shape index (κ1) is 22.5. The van der Waals surface area contributed by atoms with E-state index in [1.54, 1.807) is 23.6 Å². The SMILES string of the molecule is CCCNC(=O)C(C)N(Cc1ccccc1)C(=O)CSCc1ccc(Br)cc1. The number of hydrogen-bond acceptors (Lipinski definition) is 3. The molecule has 0 aliphatic heterocycles. The summed E-state index contributed by atoms with van der Waals surface area (Å²) in [4.78, 5) is 27.1. The Kier molecular flexibility index (Phi) is 9.58. The molecule has 0 saturated carbocycles. The maximum atomic E-state index is 12.9. The molecule has 28 heavy (non-hydrogen) atoms. The summed E-state index contributed by atoms with van der Waals surface area (Å²) in [6.07, 6.45) is 0.869. The molecule has 0 aliphatic rings. The van der Waals surface area contributed by atoms with E-state index in [0.29, 0.717) is 18.8 Å². The van der Waals surface area contributed by atoms with Crippen LogP contribution >= 0.6 is 27.7 Å². The second kappa shape index (κ2) is 11.9. The van der Waals surface area contributed by atoms with Gasteiger partial charge in [0.2, 0.25) is 11.8 Å². The van der Waals surface area contributed by atoms with Crippen LogP contribution in [0.25, 0.3) is 0 Å². The quantitative estimate of drug-likeness (QED) is 0.559. The van der Waals surface area contributed by atoms with E-state index < -0.39 is 6.04 Å². The van der Waals surface area contributed by atoms with Crippen LogP contribution in [-0.4, -0.2) is 35.1 Å². The predicted octanol–water partition coefficient (Wildman–Crippen LogP) is 4.63. The van der Waals surface area contributed by atoms with E-state index >= 15 is 0 Å². The fraction of sp³-hybridized carbons (Fsp3) is 0.364. The van der Waals surface area contributed by atoms with Gasteiger partial charge in [0.25, 0.3) is 0 Å². The summed E-state index contributed by atoms with van der Waals surface area (Å²) in [7, 11) is 0. The van der Waals surface area contributed by atoms with Crippen molar-refractivity contribution in [1.82, 2.24) is 10.2 Å². The van der Waals surface area contributed by atoms with Crippen molar-refractivity contribution in [3.63, 3.8) is 0 Å². The molecule has 0 saturated heterocycles. The number of benzene rings is 2. The van der Waals surface area contributed by atoms with Crippen molar-refractivity contribution in [3.05, 3.63) is 70.2 Å². The number of rotatable bonds is 10. The van der Waals surface area contributed by atoms with Crippen LogP contribution in [0.15, 0.2) is 59.1 Å². The lowest BCUT2D eigenvalue weighted by Gasteiger charge is -2.28. The molecule has 150 valence electrons. The van der Waals surface area contributed by atoms with Crippen molar-refractivity contribution in [1.29, 1.82) is 0 Å². The molecule has 0 aliphatic carbocycles. The summed E-state index contributed by atoms with van der Waals surface area (Å²) in [6, 6.07) is 17.4. The first-order chi connectivity index (χ1) is 13.5. The normalized spacial score (nSPS) is 11.7. The van der Waals surface area contributed by atoms with Crippen LogP contribution in [0.3, 0.4) is 0 Å². The molecule has 1 N–H and O–H groups in total. The largest absolute Gasteiger partial charge is 0.354 e. The number of amides is 2. The van der Waals surface area contributed by atoms with Crippen molar-refractivity contribution >= 4 is 39.5 Å². The first-order valence-corrected chi connectivity index (χ1v) is 11.4. The topological polar surface area (TPSA) is 49.4 Å². The van der Waals surface area contributed by atoms with Gasteiger partial charge < -0.3 is 10.2 Å². The zero-order valence-electron chi connectivity index (χ0n) is 16.4. The second-order valence-corrected chi connectivity index (χ2v) is 8.49. The highest BCUT2D eigenvalue weighted by Gasteiger charge is 2.25. The van der Waals surface area contributed by atoms with E-state index in [2.05, 4.69) is 21.2 Å². The fourth-order valence-electron chi connectivity index (χ4n) is 2.68. The minimum atomic E-state index is -0.507. The van der Waals surface area contributed by atoms with Crippen molar-refractivity contribution in [2.24, 2.45) is 0 Å². The lowest BCUT2D eigenvalue weighted by molar-refractivity contribution is -0.138. The number of carbonyl (C=O) groups is 2. The third-order valence-electron chi connectivity index (χ3n) is 4.32. The number of hydrogen-bond donors (Lipinski definition) is 1.